The lowest BCUT2D eigenvalue weighted by Gasteiger charge is -2.18. The third kappa shape index (κ3) is 2.74. The minimum Gasteiger partial charge on any atom is -0.471 e. The molecule has 5 heterocycles. The lowest BCUT2D eigenvalue weighted by molar-refractivity contribution is 0.215. The van der Waals surface area contributed by atoms with Gasteiger partial charge in [0, 0.05) is 30.7 Å². The molecule has 0 saturated carbocycles. The molecule has 0 spiro atoms. The van der Waals surface area contributed by atoms with Gasteiger partial charge in [-0.15, -0.1) is 16.4 Å². The fourth-order valence-electron chi connectivity index (χ4n) is 3.43. The lowest BCUT2D eigenvalue weighted by Crippen LogP contribution is -2.25. The molecule has 0 radical (unpaired) electrons. The van der Waals surface area contributed by atoms with Crippen LogP contribution in [0.2, 0.25) is 0 Å². The van der Waals surface area contributed by atoms with Crippen molar-refractivity contribution < 1.29 is 4.74 Å². The Balaban J connectivity index is 1.50. The molecule has 0 aromatic carbocycles. The predicted molar refractivity (Wildman–Crippen MR) is 103 cm³/mol. The third-order valence-electron chi connectivity index (χ3n) is 4.91. The molecule has 0 amide bonds. The van der Waals surface area contributed by atoms with Gasteiger partial charge in [-0.2, -0.15) is 5.10 Å². The molecule has 4 aromatic heterocycles. The van der Waals surface area contributed by atoms with E-state index >= 15 is 0 Å². The van der Waals surface area contributed by atoms with Crippen LogP contribution in [-0.4, -0.2) is 49.3 Å². The summed E-state index contributed by atoms with van der Waals surface area (Å²) in [5, 5.41) is 9.69. The number of fused-ring (bicyclic) bond motifs is 3. The van der Waals surface area contributed by atoms with Crippen LogP contribution in [0.15, 0.2) is 24.9 Å². The zero-order valence-corrected chi connectivity index (χ0v) is 15.8. The summed E-state index contributed by atoms with van der Waals surface area (Å²) < 4.78 is 7.01. The van der Waals surface area contributed by atoms with E-state index in [-0.39, 0.29) is 6.10 Å². The first-order valence-corrected chi connectivity index (χ1v) is 9.57. The number of rotatable bonds is 3. The summed E-state index contributed by atoms with van der Waals surface area (Å²) >= 11 is 1.60. The Morgan fingerprint density at radius 2 is 2.07 bits per heavy atom. The van der Waals surface area contributed by atoms with Crippen molar-refractivity contribution in [3.8, 4) is 5.88 Å². The lowest BCUT2D eigenvalue weighted by atomic mass is 10.1. The van der Waals surface area contributed by atoms with Crippen molar-refractivity contribution in [1.82, 2.24) is 30.1 Å². The van der Waals surface area contributed by atoms with Gasteiger partial charge in [0.2, 0.25) is 5.88 Å². The number of hydrogen-bond donors (Lipinski definition) is 0. The van der Waals surface area contributed by atoms with E-state index < -0.39 is 0 Å². The van der Waals surface area contributed by atoms with Gasteiger partial charge in [0.1, 0.15) is 23.1 Å². The van der Waals surface area contributed by atoms with Gasteiger partial charge >= 0.3 is 0 Å². The monoisotopic (exact) mass is 379 g/mol. The van der Waals surface area contributed by atoms with Crippen LogP contribution in [-0.2, 0) is 0 Å². The molecule has 136 valence electrons. The highest BCUT2D eigenvalue weighted by Gasteiger charge is 2.28. The molecule has 1 atom stereocenters. The first-order valence-electron chi connectivity index (χ1n) is 8.75. The number of aromatic nitrogens is 6. The Kier molecular flexibility index (Phi) is 3.82. The number of ether oxygens (including phenoxy) is 1. The zero-order valence-electron chi connectivity index (χ0n) is 15.0. The zero-order chi connectivity index (χ0) is 18.4. The standard InChI is InChI=1S/C18H17N7OS/c1-10-11(2)23-24-18-14(10)15-16(27-18)17(22-9-21-15)25-6-3-12(8-25)26-13-7-19-4-5-20-13/h4-5,7,9,12H,3,6,8H2,1-2H3/t12-/m0/s1. The number of aryl methyl sites for hydroxylation is 2. The van der Waals surface area contributed by atoms with Crippen molar-refractivity contribution in [2.75, 3.05) is 18.0 Å². The Labute approximate surface area is 159 Å². The molecule has 9 heteroatoms. The molecule has 4 aromatic rings. The molecule has 5 rings (SSSR count). The van der Waals surface area contributed by atoms with E-state index in [0.717, 1.165) is 57.0 Å². The number of thiophene rings is 1. The minimum atomic E-state index is 0.0601. The van der Waals surface area contributed by atoms with Gasteiger partial charge < -0.3 is 9.64 Å². The van der Waals surface area contributed by atoms with Crippen molar-refractivity contribution in [1.29, 1.82) is 0 Å². The summed E-state index contributed by atoms with van der Waals surface area (Å²) in [6, 6.07) is 0. The molecular weight excluding hydrogens is 362 g/mol. The molecule has 27 heavy (non-hydrogen) atoms. The SMILES string of the molecule is Cc1nnc2sc3c(N4CC[C@H](Oc5cnccn5)C4)ncnc3c2c1C. The van der Waals surface area contributed by atoms with Crippen molar-refractivity contribution in [2.24, 2.45) is 0 Å². The minimum absolute atomic E-state index is 0.0601. The second-order valence-corrected chi connectivity index (χ2v) is 7.58. The van der Waals surface area contributed by atoms with E-state index in [0.29, 0.717) is 5.88 Å². The highest BCUT2D eigenvalue weighted by molar-refractivity contribution is 7.26. The van der Waals surface area contributed by atoms with E-state index in [9.17, 15) is 0 Å². The Hall–Kier alpha value is -2.94. The normalized spacial score (nSPS) is 17.1. The van der Waals surface area contributed by atoms with Gasteiger partial charge in [-0.1, -0.05) is 0 Å². The van der Waals surface area contributed by atoms with Crippen molar-refractivity contribution in [2.45, 2.75) is 26.4 Å². The van der Waals surface area contributed by atoms with Crippen molar-refractivity contribution >= 4 is 37.6 Å². The van der Waals surface area contributed by atoms with Crippen LogP contribution in [0.25, 0.3) is 20.4 Å². The second kappa shape index (κ2) is 6.34. The van der Waals surface area contributed by atoms with Crippen LogP contribution in [0.1, 0.15) is 17.7 Å². The first kappa shape index (κ1) is 16.2. The van der Waals surface area contributed by atoms with E-state index in [1.54, 1.807) is 36.3 Å². The molecule has 1 aliphatic rings. The molecule has 1 aliphatic heterocycles. The van der Waals surface area contributed by atoms with E-state index in [1.807, 2.05) is 6.92 Å². The number of anilines is 1. The largest absolute Gasteiger partial charge is 0.471 e. The number of nitrogens with zero attached hydrogens (tertiary/aromatic N) is 7. The van der Waals surface area contributed by atoms with Crippen molar-refractivity contribution in [3.63, 3.8) is 0 Å². The number of hydrogen-bond acceptors (Lipinski definition) is 9. The smallest absolute Gasteiger partial charge is 0.232 e. The van der Waals surface area contributed by atoms with Gasteiger partial charge in [-0.05, 0) is 19.4 Å². The molecule has 0 N–H and O–H groups in total. The maximum absolute atomic E-state index is 5.96. The summed E-state index contributed by atoms with van der Waals surface area (Å²) in [6.45, 7) is 5.67. The Morgan fingerprint density at radius 1 is 1.15 bits per heavy atom. The highest BCUT2D eigenvalue weighted by Crippen LogP contribution is 2.38. The van der Waals surface area contributed by atoms with Gasteiger partial charge in [-0.25, -0.2) is 15.0 Å². The molecule has 1 saturated heterocycles. The van der Waals surface area contributed by atoms with Crippen LogP contribution in [0.5, 0.6) is 5.88 Å². The predicted octanol–water partition coefficient (Wildman–Crippen LogP) is 2.70. The Morgan fingerprint density at radius 3 is 2.93 bits per heavy atom. The van der Waals surface area contributed by atoms with Gasteiger partial charge in [-0.3, -0.25) is 4.98 Å². The van der Waals surface area contributed by atoms with E-state index in [1.165, 1.54) is 0 Å². The molecular formula is C18H17N7OS. The second-order valence-electron chi connectivity index (χ2n) is 6.59. The van der Waals surface area contributed by atoms with Gasteiger partial charge in [0.05, 0.1) is 28.7 Å². The van der Waals surface area contributed by atoms with E-state index in [4.69, 9.17) is 4.74 Å². The average Bonchev–Trinajstić information content (AvgIpc) is 3.30. The molecule has 0 aliphatic carbocycles. The fraction of sp³-hybridized carbons (Fsp3) is 0.333. The summed E-state index contributed by atoms with van der Waals surface area (Å²) in [4.78, 5) is 20.5. The average molecular weight is 379 g/mol. The highest BCUT2D eigenvalue weighted by atomic mass is 32.1. The molecule has 0 unspecified atom stereocenters. The van der Waals surface area contributed by atoms with Gasteiger partial charge in [0.25, 0.3) is 0 Å². The maximum atomic E-state index is 5.96. The summed E-state index contributed by atoms with van der Waals surface area (Å²) in [5.41, 5.74) is 3.01. The third-order valence-corrected chi connectivity index (χ3v) is 5.97. The van der Waals surface area contributed by atoms with Crippen molar-refractivity contribution in [3.05, 3.63) is 36.2 Å². The van der Waals surface area contributed by atoms with Crippen LogP contribution in [0.3, 0.4) is 0 Å². The fourth-order valence-corrected chi connectivity index (χ4v) is 4.58. The van der Waals surface area contributed by atoms with Crippen LogP contribution in [0, 0.1) is 13.8 Å². The van der Waals surface area contributed by atoms with Crippen LogP contribution in [0.4, 0.5) is 5.82 Å². The van der Waals surface area contributed by atoms with E-state index in [2.05, 4.69) is 42.0 Å². The summed E-state index contributed by atoms with van der Waals surface area (Å²) in [7, 11) is 0. The van der Waals surface area contributed by atoms with Crippen LogP contribution < -0.4 is 9.64 Å². The molecule has 1 fully saturated rings. The molecule has 0 bridgehead atoms. The maximum Gasteiger partial charge on any atom is 0.232 e. The summed E-state index contributed by atoms with van der Waals surface area (Å²) in [5.74, 6) is 1.49. The first-order chi connectivity index (χ1) is 13.2. The van der Waals surface area contributed by atoms with Crippen LogP contribution >= 0.6 is 11.3 Å². The molecule has 8 nitrogen and oxygen atoms in total. The van der Waals surface area contributed by atoms with Gasteiger partial charge in [0.15, 0.2) is 0 Å². The Bertz CT molecular complexity index is 1130. The summed E-state index contributed by atoms with van der Waals surface area (Å²) in [6.07, 6.45) is 7.52. The topological polar surface area (TPSA) is 89.8 Å². The quantitative estimate of drug-likeness (QED) is 0.537.